The molecule has 0 spiro atoms. The quantitative estimate of drug-likeness (QED) is 0.631. The van der Waals surface area contributed by atoms with Gasteiger partial charge in [-0.25, -0.2) is 4.98 Å². The summed E-state index contributed by atoms with van der Waals surface area (Å²) in [6.07, 6.45) is 2.54. The highest BCUT2D eigenvalue weighted by molar-refractivity contribution is 7.84. The number of rotatable bonds is 6. The van der Waals surface area contributed by atoms with Crippen LogP contribution in [0.1, 0.15) is 12.0 Å². The summed E-state index contributed by atoms with van der Waals surface area (Å²) in [5.41, 5.74) is 7.47. The van der Waals surface area contributed by atoms with Crippen LogP contribution in [0.15, 0.2) is 30.3 Å². The van der Waals surface area contributed by atoms with Crippen LogP contribution >= 0.6 is 12.2 Å². The van der Waals surface area contributed by atoms with E-state index in [4.69, 9.17) is 18.0 Å². The number of nitrogens with one attached hydrogen (secondary N) is 1. The number of fused-ring (bicyclic) bond motifs is 1. The minimum absolute atomic E-state index is 0.362. The van der Waals surface area contributed by atoms with Gasteiger partial charge >= 0.3 is 0 Å². The molecule has 6 heteroatoms. The van der Waals surface area contributed by atoms with Gasteiger partial charge in [-0.05, 0) is 18.6 Å². The Hall–Kier alpha value is -1.53. The molecule has 0 saturated carbocycles. The third-order valence-corrected chi connectivity index (χ3v) is 3.98. The maximum absolute atomic E-state index is 11.0. The Kier molecular flexibility index (Phi) is 5.03. The van der Waals surface area contributed by atoms with Crippen molar-refractivity contribution >= 4 is 44.7 Å². The number of nitrogens with zero attached hydrogens (tertiary/aromatic N) is 1. The summed E-state index contributed by atoms with van der Waals surface area (Å²) in [7, 11) is -0.759. The lowest BCUT2D eigenvalue weighted by Crippen LogP contribution is -2.13. The molecule has 0 fully saturated rings. The van der Waals surface area contributed by atoms with Gasteiger partial charge < -0.3 is 11.1 Å². The zero-order chi connectivity index (χ0) is 14.5. The van der Waals surface area contributed by atoms with Gasteiger partial charge in [0.25, 0.3) is 0 Å². The number of hydrogen-bond donors (Lipinski definition) is 2. The summed E-state index contributed by atoms with van der Waals surface area (Å²) in [6.45, 7) is 0.724. The van der Waals surface area contributed by atoms with E-state index in [2.05, 4.69) is 10.3 Å². The molecule has 4 nitrogen and oxygen atoms in total. The second-order valence-electron chi connectivity index (χ2n) is 4.49. The van der Waals surface area contributed by atoms with Crippen LogP contribution in [0.3, 0.4) is 0 Å². The molecule has 3 N–H and O–H groups in total. The molecule has 0 aliphatic rings. The van der Waals surface area contributed by atoms with Gasteiger partial charge in [-0.2, -0.15) is 0 Å². The van der Waals surface area contributed by atoms with Crippen molar-refractivity contribution in [2.45, 2.75) is 6.42 Å². The third-order valence-electron chi connectivity index (χ3n) is 2.90. The normalized spacial score (nSPS) is 12.2. The maximum Gasteiger partial charge on any atom is 0.127 e. The molecule has 1 atom stereocenters. The standard InChI is InChI=1S/C14H17N3OS2/c1-20(18)8-4-7-16-13-9-11(14(15)19)10-5-2-3-6-12(10)17-13/h2-3,5-6,9H,4,7-8H2,1H3,(H2,15,19)(H,16,17). The Balaban J connectivity index is 2.22. The smallest absolute Gasteiger partial charge is 0.127 e. The fraction of sp³-hybridized carbons (Fsp3) is 0.286. The van der Waals surface area contributed by atoms with E-state index in [0.717, 1.165) is 35.2 Å². The van der Waals surface area contributed by atoms with E-state index in [1.807, 2.05) is 30.3 Å². The Labute approximate surface area is 126 Å². The molecule has 2 aromatic rings. The molecule has 0 amide bonds. The SMILES string of the molecule is CS(=O)CCCNc1cc(C(N)=S)c2ccccc2n1. The van der Waals surface area contributed by atoms with Crippen LogP contribution in [0, 0.1) is 0 Å². The zero-order valence-electron chi connectivity index (χ0n) is 11.3. The Morgan fingerprint density at radius 2 is 2.20 bits per heavy atom. The molecule has 0 aliphatic carbocycles. The van der Waals surface area contributed by atoms with E-state index >= 15 is 0 Å². The van der Waals surface area contributed by atoms with Gasteiger partial charge in [0.05, 0.1) is 5.52 Å². The number of thiocarbonyl (C=S) groups is 1. The van der Waals surface area contributed by atoms with Gasteiger partial charge in [-0.1, -0.05) is 30.4 Å². The molecule has 2 rings (SSSR count). The molecule has 0 aliphatic heterocycles. The molecular formula is C14H17N3OS2. The average Bonchev–Trinajstić information content (AvgIpc) is 2.42. The van der Waals surface area contributed by atoms with Gasteiger partial charge in [-0.15, -0.1) is 0 Å². The monoisotopic (exact) mass is 307 g/mol. The first kappa shape index (κ1) is 14.9. The summed E-state index contributed by atoms with van der Waals surface area (Å²) < 4.78 is 11.0. The van der Waals surface area contributed by atoms with E-state index in [1.165, 1.54) is 0 Å². The van der Waals surface area contributed by atoms with Crippen molar-refractivity contribution in [3.63, 3.8) is 0 Å². The number of nitrogens with two attached hydrogens (primary N) is 1. The van der Waals surface area contributed by atoms with Gasteiger partial charge in [0.15, 0.2) is 0 Å². The maximum atomic E-state index is 11.0. The van der Waals surface area contributed by atoms with Crippen molar-refractivity contribution in [3.05, 3.63) is 35.9 Å². The topological polar surface area (TPSA) is 68.0 Å². The molecule has 20 heavy (non-hydrogen) atoms. The average molecular weight is 307 g/mol. The molecule has 0 bridgehead atoms. The summed E-state index contributed by atoms with van der Waals surface area (Å²) in [5.74, 6) is 1.43. The van der Waals surface area contributed by atoms with Crippen molar-refractivity contribution in [3.8, 4) is 0 Å². The van der Waals surface area contributed by atoms with Crippen molar-refractivity contribution < 1.29 is 4.21 Å². The van der Waals surface area contributed by atoms with Crippen LogP contribution in [0.5, 0.6) is 0 Å². The summed E-state index contributed by atoms with van der Waals surface area (Å²) in [5, 5.41) is 4.19. The van der Waals surface area contributed by atoms with E-state index in [1.54, 1.807) is 6.26 Å². The van der Waals surface area contributed by atoms with Gasteiger partial charge in [0.1, 0.15) is 10.8 Å². The predicted octanol–water partition coefficient (Wildman–Crippen LogP) is 2.05. The highest BCUT2D eigenvalue weighted by atomic mass is 32.2. The fourth-order valence-electron chi connectivity index (χ4n) is 1.96. The van der Waals surface area contributed by atoms with E-state index in [9.17, 15) is 4.21 Å². The summed E-state index contributed by atoms with van der Waals surface area (Å²) >= 11 is 5.10. The van der Waals surface area contributed by atoms with Crippen molar-refractivity contribution in [1.82, 2.24) is 4.98 Å². The van der Waals surface area contributed by atoms with Crippen LogP contribution in [0.4, 0.5) is 5.82 Å². The Morgan fingerprint density at radius 1 is 1.45 bits per heavy atom. The van der Waals surface area contributed by atoms with Crippen LogP contribution in [-0.4, -0.2) is 32.7 Å². The predicted molar refractivity (Wildman–Crippen MR) is 89.7 cm³/mol. The third kappa shape index (κ3) is 3.74. The summed E-state index contributed by atoms with van der Waals surface area (Å²) in [6, 6.07) is 9.63. The van der Waals surface area contributed by atoms with Gasteiger partial charge in [0, 0.05) is 40.3 Å². The highest BCUT2D eigenvalue weighted by Gasteiger charge is 2.07. The van der Waals surface area contributed by atoms with Crippen LogP contribution in [-0.2, 0) is 10.8 Å². The number of hydrogen-bond acceptors (Lipinski definition) is 4. The first-order valence-electron chi connectivity index (χ1n) is 6.31. The molecule has 1 aromatic heterocycles. The van der Waals surface area contributed by atoms with E-state index < -0.39 is 10.8 Å². The fourth-order valence-corrected chi connectivity index (χ4v) is 2.68. The minimum atomic E-state index is -0.759. The second kappa shape index (κ2) is 6.76. The molecule has 0 radical (unpaired) electrons. The van der Waals surface area contributed by atoms with E-state index in [0.29, 0.717) is 10.7 Å². The van der Waals surface area contributed by atoms with Gasteiger partial charge in [0.2, 0.25) is 0 Å². The molecule has 1 heterocycles. The first-order chi connectivity index (χ1) is 9.58. The summed E-state index contributed by atoms with van der Waals surface area (Å²) in [4.78, 5) is 4.90. The lowest BCUT2D eigenvalue weighted by molar-refractivity contribution is 0.685. The van der Waals surface area contributed by atoms with Crippen molar-refractivity contribution in [2.24, 2.45) is 5.73 Å². The molecular weight excluding hydrogens is 290 g/mol. The van der Waals surface area contributed by atoms with Crippen molar-refractivity contribution in [2.75, 3.05) is 23.9 Å². The van der Waals surface area contributed by atoms with Crippen molar-refractivity contribution in [1.29, 1.82) is 0 Å². The molecule has 1 aromatic carbocycles. The number of aromatic nitrogens is 1. The second-order valence-corrected chi connectivity index (χ2v) is 6.49. The van der Waals surface area contributed by atoms with Crippen LogP contribution in [0.25, 0.3) is 10.9 Å². The lowest BCUT2D eigenvalue weighted by atomic mass is 10.1. The number of para-hydroxylation sites is 1. The Morgan fingerprint density at radius 3 is 2.90 bits per heavy atom. The van der Waals surface area contributed by atoms with Crippen LogP contribution < -0.4 is 11.1 Å². The lowest BCUT2D eigenvalue weighted by Gasteiger charge is -2.10. The molecule has 106 valence electrons. The van der Waals surface area contributed by atoms with Crippen LogP contribution in [0.2, 0.25) is 0 Å². The van der Waals surface area contributed by atoms with Gasteiger partial charge in [-0.3, -0.25) is 4.21 Å². The Bertz CT molecular complexity index is 658. The first-order valence-corrected chi connectivity index (χ1v) is 8.45. The highest BCUT2D eigenvalue weighted by Crippen LogP contribution is 2.20. The zero-order valence-corrected chi connectivity index (χ0v) is 12.9. The number of anilines is 1. The largest absolute Gasteiger partial charge is 0.389 e. The number of benzene rings is 1. The van der Waals surface area contributed by atoms with E-state index in [-0.39, 0.29) is 0 Å². The molecule has 0 saturated heterocycles. The molecule has 1 unspecified atom stereocenters. The number of pyridine rings is 1. The minimum Gasteiger partial charge on any atom is -0.389 e.